The van der Waals surface area contributed by atoms with Crippen LogP contribution < -0.4 is 24.2 Å². The Balaban J connectivity index is 2.27. The number of thiazole rings is 1. The fourth-order valence-corrected chi connectivity index (χ4v) is 4.31. The first-order valence-electron chi connectivity index (χ1n) is 10.8. The monoisotopic (exact) mass is 498 g/mol. The lowest BCUT2D eigenvalue weighted by Crippen LogP contribution is -2.33. The van der Waals surface area contributed by atoms with Crippen LogP contribution in [0.5, 0.6) is 11.5 Å². The Morgan fingerprint density at radius 2 is 1.71 bits per heavy atom. The maximum Gasteiger partial charge on any atom is 0.387 e. The van der Waals surface area contributed by atoms with Gasteiger partial charge >= 0.3 is 6.61 Å². The van der Waals surface area contributed by atoms with Crippen LogP contribution in [0.3, 0.4) is 0 Å². The summed E-state index contributed by atoms with van der Waals surface area (Å²) in [6.07, 6.45) is 1.57. The molecule has 9 heteroatoms. The molecule has 0 radical (unpaired) electrons. The van der Waals surface area contributed by atoms with Gasteiger partial charge in [-0.2, -0.15) is 14.0 Å². The van der Waals surface area contributed by atoms with Gasteiger partial charge in [-0.3, -0.25) is 14.2 Å². The topological polar surface area (TPSA) is 81.3 Å². The maximum absolute atomic E-state index is 13.5. The Morgan fingerprint density at radius 3 is 2.23 bits per heavy atom. The quantitative estimate of drug-likeness (QED) is 0.492. The van der Waals surface area contributed by atoms with Crippen LogP contribution in [0.25, 0.3) is 17.3 Å². The number of alkyl halides is 2. The van der Waals surface area contributed by atoms with Crippen molar-refractivity contribution in [2.45, 2.75) is 34.3 Å². The number of ketones is 1. The van der Waals surface area contributed by atoms with Crippen molar-refractivity contribution in [3.05, 3.63) is 73.6 Å². The van der Waals surface area contributed by atoms with E-state index in [1.54, 1.807) is 51.1 Å². The molecule has 6 nitrogen and oxygen atoms in total. The number of hydrogen-bond donors (Lipinski definition) is 0. The number of aromatic nitrogens is 1. The van der Waals surface area contributed by atoms with E-state index < -0.39 is 17.6 Å². The van der Waals surface area contributed by atoms with E-state index in [2.05, 4.69) is 4.74 Å². The van der Waals surface area contributed by atoms with Crippen LogP contribution in [0.15, 0.2) is 53.3 Å². The number of rotatable bonds is 7. The van der Waals surface area contributed by atoms with Crippen LogP contribution in [0.2, 0.25) is 0 Å². The van der Waals surface area contributed by atoms with Gasteiger partial charge in [0.15, 0.2) is 5.78 Å². The molecule has 0 spiro atoms. The Morgan fingerprint density at radius 1 is 1.11 bits per heavy atom. The molecular weight excluding hydrogens is 474 g/mol. The van der Waals surface area contributed by atoms with Crippen molar-refractivity contribution in [3.8, 4) is 23.3 Å². The fourth-order valence-electron chi connectivity index (χ4n) is 3.21. The minimum Gasteiger partial charge on any atom is -0.494 e. The SMILES string of the molecule is CCOc1ccc(-n2c(=O)/c(=C/c3ccc(OC(F)F)cc3)s/c2=C(/C#N)C(=O)C(C)(C)C)cc1. The zero-order valence-corrected chi connectivity index (χ0v) is 20.5. The van der Waals surface area contributed by atoms with Crippen molar-refractivity contribution in [2.75, 3.05) is 6.61 Å². The first-order chi connectivity index (χ1) is 16.5. The number of ether oxygens (including phenoxy) is 2. The standard InChI is InChI=1S/C26H24F2N2O4S/c1-5-33-18-12-8-17(9-13-18)30-23(32)21(14-16-6-10-19(11-7-16)34-25(27)28)35-24(30)20(15-29)22(31)26(2,3)4/h6-14,25H,5H2,1-4H3/b21-14-,24-20-. The second-order valence-corrected chi connectivity index (χ2v) is 9.53. The van der Waals surface area contributed by atoms with Crippen LogP contribution in [0.4, 0.5) is 8.78 Å². The van der Waals surface area contributed by atoms with E-state index in [9.17, 15) is 23.6 Å². The second-order valence-electron chi connectivity index (χ2n) is 8.50. The molecule has 0 N–H and O–H groups in total. The molecule has 3 rings (SSSR count). The normalized spacial score (nSPS) is 12.9. The first-order valence-corrected chi connectivity index (χ1v) is 11.6. The van der Waals surface area contributed by atoms with Gasteiger partial charge in [0.2, 0.25) is 0 Å². The average molecular weight is 499 g/mol. The molecule has 0 aliphatic carbocycles. The fraction of sp³-hybridized carbons (Fsp3) is 0.269. The lowest BCUT2D eigenvalue weighted by atomic mass is 9.87. The molecule has 182 valence electrons. The lowest BCUT2D eigenvalue weighted by Gasteiger charge is -2.15. The molecule has 0 aliphatic rings. The molecule has 0 aliphatic heterocycles. The summed E-state index contributed by atoms with van der Waals surface area (Å²) in [7, 11) is 0. The zero-order valence-electron chi connectivity index (χ0n) is 19.7. The Bertz CT molecular complexity index is 1430. The number of carbonyl (C=O) groups is 1. The van der Waals surface area contributed by atoms with E-state index in [1.807, 2.05) is 13.0 Å². The zero-order chi connectivity index (χ0) is 25.8. The van der Waals surface area contributed by atoms with Crippen molar-refractivity contribution in [1.82, 2.24) is 4.57 Å². The van der Waals surface area contributed by atoms with Gasteiger partial charge in [0.05, 0.1) is 16.8 Å². The molecule has 0 unspecified atom stereocenters. The minimum absolute atomic E-state index is 0.00769. The molecule has 1 aromatic heterocycles. The summed E-state index contributed by atoms with van der Waals surface area (Å²) in [5, 5.41) is 9.87. The van der Waals surface area contributed by atoms with E-state index in [-0.39, 0.29) is 26.3 Å². The Labute approximate surface area is 205 Å². The molecule has 1 heterocycles. The number of nitriles is 1. The third-order valence-corrected chi connectivity index (χ3v) is 5.96. The molecule has 0 amide bonds. The number of carbonyl (C=O) groups excluding carboxylic acids is 1. The Hall–Kier alpha value is -3.77. The highest BCUT2D eigenvalue weighted by atomic mass is 32.1. The largest absolute Gasteiger partial charge is 0.494 e. The highest BCUT2D eigenvalue weighted by Crippen LogP contribution is 2.20. The van der Waals surface area contributed by atoms with Gasteiger partial charge in [0, 0.05) is 5.41 Å². The molecule has 0 bridgehead atoms. The molecule has 2 aromatic carbocycles. The summed E-state index contributed by atoms with van der Waals surface area (Å²) in [6, 6.07) is 14.6. The van der Waals surface area contributed by atoms with Crippen molar-refractivity contribution >= 4 is 28.8 Å². The Kier molecular flexibility index (Phi) is 7.87. The van der Waals surface area contributed by atoms with Crippen molar-refractivity contribution in [3.63, 3.8) is 0 Å². The number of halogens is 2. The molecule has 35 heavy (non-hydrogen) atoms. The van der Waals surface area contributed by atoms with E-state index in [1.165, 1.54) is 28.8 Å². The summed E-state index contributed by atoms with van der Waals surface area (Å²) < 4.78 is 36.5. The average Bonchev–Trinajstić information content (AvgIpc) is 3.11. The molecule has 0 saturated heterocycles. The van der Waals surface area contributed by atoms with Crippen molar-refractivity contribution in [1.29, 1.82) is 5.26 Å². The van der Waals surface area contributed by atoms with Gasteiger partial charge in [-0.05, 0) is 55.0 Å². The minimum atomic E-state index is -2.94. The molecule has 0 atom stereocenters. The summed E-state index contributed by atoms with van der Waals surface area (Å²) in [5.41, 5.74) is -0.333. The van der Waals surface area contributed by atoms with E-state index in [0.717, 1.165) is 11.3 Å². The highest BCUT2D eigenvalue weighted by Gasteiger charge is 2.27. The third-order valence-electron chi connectivity index (χ3n) is 4.87. The molecule has 0 saturated carbocycles. The van der Waals surface area contributed by atoms with E-state index in [4.69, 9.17) is 4.74 Å². The number of Topliss-reactive ketones (excluding diaryl/α,β-unsaturated/α-hetero) is 1. The van der Waals surface area contributed by atoms with Gasteiger partial charge in [0.1, 0.15) is 27.8 Å². The van der Waals surface area contributed by atoms with Crippen LogP contribution in [0.1, 0.15) is 33.3 Å². The first kappa shape index (κ1) is 25.8. The van der Waals surface area contributed by atoms with E-state index in [0.29, 0.717) is 23.6 Å². The summed E-state index contributed by atoms with van der Waals surface area (Å²) >= 11 is 1.01. The maximum atomic E-state index is 13.5. The molecule has 0 fully saturated rings. The van der Waals surface area contributed by atoms with Crippen LogP contribution in [-0.2, 0) is 4.79 Å². The van der Waals surface area contributed by atoms with Crippen LogP contribution >= 0.6 is 11.3 Å². The van der Waals surface area contributed by atoms with Crippen molar-refractivity contribution in [2.24, 2.45) is 5.41 Å². The third kappa shape index (κ3) is 6.03. The molecule has 3 aromatic rings. The van der Waals surface area contributed by atoms with E-state index >= 15 is 0 Å². The number of hydrogen-bond acceptors (Lipinski definition) is 6. The number of nitrogens with zero attached hydrogens (tertiary/aromatic N) is 2. The van der Waals surface area contributed by atoms with Gasteiger partial charge in [0.25, 0.3) is 5.56 Å². The van der Waals surface area contributed by atoms with Gasteiger partial charge in [-0.25, -0.2) is 0 Å². The summed E-state index contributed by atoms with van der Waals surface area (Å²) in [4.78, 5) is 26.5. The smallest absolute Gasteiger partial charge is 0.387 e. The van der Waals surface area contributed by atoms with Crippen molar-refractivity contribution < 1.29 is 23.0 Å². The van der Waals surface area contributed by atoms with Gasteiger partial charge < -0.3 is 9.47 Å². The summed E-state index contributed by atoms with van der Waals surface area (Å²) in [6.45, 7) is 4.51. The molecular formula is C26H24F2N2O4S. The second kappa shape index (κ2) is 10.7. The predicted molar refractivity (Wildman–Crippen MR) is 130 cm³/mol. The lowest BCUT2D eigenvalue weighted by molar-refractivity contribution is -0.120. The predicted octanol–water partition coefficient (Wildman–Crippen LogP) is 4.02. The number of benzene rings is 2. The van der Waals surface area contributed by atoms with Gasteiger partial charge in [-0.1, -0.05) is 32.9 Å². The van der Waals surface area contributed by atoms with Gasteiger partial charge in [-0.15, -0.1) is 11.3 Å². The highest BCUT2D eigenvalue weighted by molar-refractivity contribution is 7.07. The van der Waals surface area contributed by atoms with Crippen LogP contribution in [-0.4, -0.2) is 23.6 Å². The summed E-state index contributed by atoms with van der Waals surface area (Å²) in [5.74, 6) is 0.224. The van der Waals surface area contributed by atoms with Crippen LogP contribution in [0, 0.1) is 16.7 Å².